The Morgan fingerprint density at radius 2 is 1.84 bits per heavy atom. The zero-order valence-electron chi connectivity index (χ0n) is 15.4. The third-order valence-corrected chi connectivity index (χ3v) is 4.84. The molecule has 0 amide bonds. The quantitative estimate of drug-likeness (QED) is 0.778. The fourth-order valence-electron chi connectivity index (χ4n) is 3.25. The first-order valence-corrected chi connectivity index (χ1v) is 8.99. The van der Waals surface area contributed by atoms with Crippen molar-refractivity contribution in [1.29, 1.82) is 0 Å². The predicted molar refractivity (Wildman–Crippen MR) is 102 cm³/mol. The minimum Gasteiger partial charge on any atom is -0.338 e. The van der Waals surface area contributed by atoms with Crippen molar-refractivity contribution < 1.29 is 5.32 Å². The van der Waals surface area contributed by atoms with Crippen LogP contribution in [0.25, 0.3) is 16.6 Å². The van der Waals surface area contributed by atoms with E-state index in [1.807, 2.05) is 30.3 Å². The number of nitrogens with two attached hydrogens (primary N) is 1. The Hall–Kier alpha value is -2.46. The van der Waals surface area contributed by atoms with Crippen molar-refractivity contribution in [1.82, 2.24) is 9.55 Å². The van der Waals surface area contributed by atoms with Gasteiger partial charge in [0.2, 0.25) is 0 Å². The molecule has 1 atom stereocenters. The molecule has 0 spiro atoms. The van der Waals surface area contributed by atoms with Crippen molar-refractivity contribution >= 4 is 10.9 Å². The van der Waals surface area contributed by atoms with Crippen molar-refractivity contribution in [2.45, 2.75) is 40.2 Å². The predicted octanol–water partition coefficient (Wildman–Crippen LogP) is 3.04. The Morgan fingerprint density at radius 1 is 1.08 bits per heavy atom. The fourth-order valence-corrected chi connectivity index (χ4v) is 3.25. The first kappa shape index (κ1) is 17.4. The Balaban J connectivity index is 2.35. The van der Waals surface area contributed by atoms with Gasteiger partial charge in [-0.05, 0) is 56.2 Å². The van der Waals surface area contributed by atoms with Crippen molar-refractivity contribution in [3.63, 3.8) is 0 Å². The van der Waals surface area contributed by atoms with Crippen molar-refractivity contribution in [3.8, 4) is 5.69 Å². The lowest BCUT2D eigenvalue weighted by molar-refractivity contribution is -0.694. The van der Waals surface area contributed by atoms with Crippen LogP contribution >= 0.6 is 0 Å². The lowest BCUT2D eigenvalue weighted by Gasteiger charge is -2.19. The topological polar surface area (TPSA) is 51.5 Å². The third kappa shape index (κ3) is 3.22. The van der Waals surface area contributed by atoms with Gasteiger partial charge in [0, 0.05) is 6.42 Å². The van der Waals surface area contributed by atoms with Gasteiger partial charge in [-0.15, -0.1) is 0 Å². The normalized spacial score (nSPS) is 12.5. The number of hydrogen-bond donors (Lipinski definition) is 1. The highest BCUT2D eigenvalue weighted by Crippen LogP contribution is 2.20. The summed E-state index contributed by atoms with van der Waals surface area (Å²) in [5.74, 6) is 0.830. The van der Waals surface area contributed by atoms with Gasteiger partial charge >= 0.3 is 0 Å². The summed E-state index contributed by atoms with van der Waals surface area (Å²) in [5.41, 5.74) is 4.07. The number of aromatic nitrogens is 2. The molecule has 0 bridgehead atoms. The van der Waals surface area contributed by atoms with Crippen LogP contribution < -0.4 is 10.9 Å². The molecule has 0 aliphatic rings. The number of para-hydroxylation sites is 1. The molecule has 1 aromatic heterocycles. The van der Waals surface area contributed by atoms with Crippen molar-refractivity contribution in [2.24, 2.45) is 0 Å². The summed E-state index contributed by atoms with van der Waals surface area (Å²) in [6, 6.07) is 13.9. The number of quaternary nitrogens is 1. The number of fused-ring (bicyclic) bond motifs is 1. The average molecular weight is 336 g/mol. The maximum atomic E-state index is 13.3. The maximum Gasteiger partial charge on any atom is 0.266 e. The summed E-state index contributed by atoms with van der Waals surface area (Å²) < 4.78 is 1.80. The summed E-state index contributed by atoms with van der Waals surface area (Å²) in [7, 11) is 0. The van der Waals surface area contributed by atoms with Crippen LogP contribution in [0.4, 0.5) is 0 Å². The van der Waals surface area contributed by atoms with Gasteiger partial charge in [-0.1, -0.05) is 25.1 Å². The van der Waals surface area contributed by atoms with Gasteiger partial charge in [-0.3, -0.25) is 9.36 Å². The minimum atomic E-state index is 0.00630. The van der Waals surface area contributed by atoms with Crippen molar-refractivity contribution in [3.05, 3.63) is 69.8 Å². The molecule has 0 saturated carbocycles. The van der Waals surface area contributed by atoms with E-state index in [2.05, 4.69) is 45.1 Å². The molecule has 0 saturated heterocycles. The molecule has 0 aliphatic heterocycles. The summed E-state index contributed by atoms with van der Waals surface area (Å²) in [4.78, 5) is 18.2. The van der Waals surface area contributed by atoms with Crippen LogP contribution in [0.5, 0.6) is 0 Å². The first-order valence-electron chi connectivity index (χ1n) is 8.99. The largest absolute Gasteiger partial charge is 0.338 e. The molecular weight excluding hydrogens is 310 g/mol. The Labute approximate surface area is 148 Å². The first-order chi connectivity index (χ1) is 12.1. The summed E-state index contributed by atoms with van der Waals surface area (Å²) in [6.07, 6.45) is 0.920. The average Bonchev–Trinajstić information content (AvgIpc) is 2.62. The highest BCUT2D eigenvalue weighted by Gasteiger charge is 2.22. The Bertz CT molecular complexity index is 959. The van der Waals surface area contributed by atoms with E-state index in [0.29, 0.717) is 5.39 Å². The van der Waals surface area contributed by atoms with Crippen LogP contribution in [0.1, 0.15) is 43.3 Å². The van der Waals surface area contributed by atoms with Gasteiger partial charge in [0.1, 0.15) is 6.04 Å². The second-order valence-electron chi connectivity index (χ2n) is 6.55. The third-order valence-electron chi connectivity index (χ3n) is 4.84. The van der Waals surface area contributed by atoms with Crippen LogP contribution in [-0.2, 0) is 0 Å². The van der Waals surface area contributed by atoms with Gasteiger partial charge in [0.05, 0.1) is 23.1 Å². The molecule has 25 heavy (non-hydrogen) atoms. The number of aryl methyl sites for hydroxylation is 2. The highest BCUT2D eigenvalue weighted by atomic mass is 16.1. The molecular formula is C21H26N3O+. The number of rotatable bonds is 5. The molecule has 1 heterocycles. The van der Waals surface area contributed by atoms with Crippen LogP contribution in [0.15, 0.2) is 47.3 Å². The summed E-state index contributed by atoms with van der Waals surface area (Å²) in [6.45, 7) is 9.38. The van der Waals surface area contributed by atoms with E-state index in [4.69, 9.17) is 4.98 Å². The van der Waals surface area contributed by atoms with E-state index >= 15 is 0 Å². The van der Waals surface area contributed by atoms with Gasteiger partial charge in [0.25, 0.3) is 5.56 Å². The molecule has 0 radical (unpaired) electrons. The van der Waals surface area contributed by atoms with Crippen LogP contribution in [0, 0.1) is 13.8 Å². The Morgan fingerprint density at radius 3 is 2.52 bits per heavy atom. The van der Waals surface area contributed by atoms with Crippen LogP contribution in [-0.4, -0.2) is 16.1 Å². The zero-order chi connectivity index (χ0) is 18.0. The van der Waals surface area contributed by atoms with Gasteiger partial charge < -0.3 is 5.32 Å². The molecule has 4 heteroatoms. The Kier molecular flexibility index (Phi) is 5.00. The van der Waals surface area contributed by atoms with Gasteiger partial charge in [-0.2, -0.15) is 0 Å². The second-order valence-corrected chi connectivity index (χ2v) is 6.55. The molecule has 0 aliphatic carbocycles. The molecule has 130 valence electrons. The monoisotopic (exact) mass is 336 g/mol. The number of nitrogens with zero attached hydrogens (tertiary/aromatic N) is 2. The highest BCUT2D eigenvalue weighted by molar-refractivity contribution is 5.77. The van der Waals surface area contributed by atoms with Crippen LogP contribution in [0.2, 0.25) is 0 Å². The van der Waals surface area contributed by atoms with E-state index in [0.717, 1.165) is 30.0 Å². The molecule has 0 fully saturated rings. The van der Waals surface area contributed by atoms with Crippen LogP contribution in [0.3, 0.4) is 0 Å². The van der Waals surface area contributed by atoms with E-state index in [9.17, 15) is 4.79 Å². The molecule has 4 nitrogen and oxygen atoms in total. The lowest BCUT2D eigenvalue weighted by atomic mass is 10.1. The second kappa shape index (κ2) is 7.19. The van der Waals surface area contributed by atoms with E-state index in [-0.39, 0.29) is 11.6 Å². The molecule has 2 aromatic carbocycles. The molecule has 0 unspecified atom stereocenters. The fraction of sp³-hybridized carbons (Fsp3) is 0.333. The van der Waals surface area contributed by atoms with Crippen molar-refractivity contribution in [2.75, 3.05) is 6.54 Å². The summed E-state index contributed by atoms with van der Waals surface area (Å²) in [5, 5.41) is 2.91. The van der Waals surface area contributed by atoms with Gasteiger partial charge in [0.15, 0.2) is 5.82 Å². The standard InChI is InChI=1S/C21H25N3O/c1-5-18(22-6-2)20-23-19-10-8-7-9-17(19)21(25)24(20)16-12-11-14(3)15(4)13-16/h7-13,18,22H,5-6H2,1-4H3/p+1/t18-/m0/s1. The molecule has 3 aromatic rings. The van der Waals surface area contributed by atoms with Gasteiger partial charge in [-0.25, -0.2) is 4.98 Å². The number of hydrogen-bond acceptors (Lipinski definition) is 2. The van der Waals surface area contributed by atoms with E-state index in [1.54, 1.807) is 4.57 Å². The summed E-state index contributed by atoms with van der Waals surface area (Å²) >= 11 is 0. The number of benzene rings is 2. The zero-order valence-corrected chi connectivity index (χ0v) is 15.4. The lowest BCUT2D eigenvalue weighted by Crippen LogP contribution is -2.85. The smallest absolute Gasteiger partial charge is 0.266 e. The maximum absolute atomic E-state index is 13.3. The molecule has 2 N–H and O–H groups in total. The molecule has 3 rings (SSSR count). The van der Waals surface area contributed by atoms with E-state index < -0.39 is 0 Å². The SMILES string of the molecule is CC[NH2+][C@@H](CC)c1nc2ccccc2c(=O)n1-c1ccc(C)c(C)c1. The minimum absolute atomic E-state index is 0.00630. The van der Waals surface area contributed by atoms with E-state index in [1.165, 1.54) is 11.1 Å².